The quantitative estimate of drug-likeness (QED) is 0.887. The molecule has 7 nitrogen and oxygen atoms in total. The van der Waals surface area contributed by atoms with E-state index in [2.05, 4.69) is 26.8 Å². The summed E-state index contributed by atoms with van der Waals surface area (Å²) >= 11 is 0. The number of hydrogen-bond donors (Lipinski definition) is 1. The van der Waals surface area contributed by atoms with E-state index in [-0.39, 0.29) is 5.41 Å². The Balaban J connectivity index is 1.64. The highest BCUT2D eigenvalue weighted by molar-refractivity contribution is 7.88. The minimum Gasteiger partial charge on any atom is -0.355 e. The summed E-state index contributed by atoms with van der Waals surface area (Å²) in [5, 5.41) is 1.02. The van der Waals surface area contributed by atoms with Crippen LogP contribution >= 0.6 is 0 Å². The molecule has 2 aliphatic heterocycles. The lowest BCUT2D eigenvalue weighted by Gasteiger charge is -2.42. The van der Waals surface area contributed by atoms with Gasteiger partial charge in [-0.05, 0) is 18.4 Å². The average Bonchev–Trinajstić information content (AvgIpc) is 3.08. The maximum atomic E-state index is 11.9. The fourth-order valence-corrected chi connectivity index (χ4v) is 5.03. The van der Waals surface area contributed by atoms with E-state index in [0.29, 0.717) is 19.0 Å². The monoisotopic (exact) mass is 335 g/mol. The van der Waals surface area contributed by atoms with Gasteiger partial charge >= 0.3 is 0 Å². The lowest BCUT2D eigenvalue weighted by atomic mass is 9.75. The SMILES string of the molecule is CC12CN(c3ncnc4[nH]ccc34)CCC1CN(S(C)(=O)=O)C2. The molecular weight excluding hydrogens is 314 g/mol. The molecule has 1 N–H and O–H groups in total. The molecule has 0 aliphatic carbocycles. The van der Waals surface area contributed by atoms with Crippen molar-refractivity contribution in [3.63, 3.8) is 0 Å². The van der Waals surface area contributed by atoms with Crippen LogP contribution in [0.5, 0.6) is 0 Å². The average molecular weight is 335 g/mol. The Bertz CT molecular complexity index is 848. The highest BCUT2D eigenvalue weighted by Crippen LogP contribution is 2.43. The largest absolute Gasteiger partial charge is 0.355 e. The molecule has 2 aromatic rings. The van der Waals surface area contributed by atoms with Gasteiger partial charge in [0.25, 0.3) is 0 Å². The molecule has 4 heterocycles. The number of sulfonamides is 1. The summed E-state index contributed by atoms with van der Waals surface area (Å²) in [4.78, 5) is 14.1. The van der Waals surface area contributed by atoms with Gasteiger partial charge in [-0.25, -0.2) is 22.7 Å². The zero-order valence-electron chi connectivity index (χ0n) is 13.4. The van der Waals surface area contributed by atoms with E-state index in [1.165, 1.54) is 6.26 Å². The van der Waals surface area contributed by atoms with E-state index in [1.807, 2.05) is 12.3 Å². The van der Waals surface area contributed by atoms with Crippen molar-refractivity contribution in [2.45, 2.75) is 13.3 Å². The third-order valence-corrected chi connectivity index (χ3v) is 6.56. The number of anilines is 1. The van der Waals surface area contributed by atoms with Crippen LogP contribution in [0, 0.1) is 11.3 Å². The van der Waals surface area contributed by atoms with Crippen molar-refractivity contribution < 1.29 is 8.42 Å². The summed E-state index contributed by atoms with van der Waals surface area (Å²) in [5.74, 6) is 1.35. The number of H-pyrrole nitrogens is 1. The van der Waals surface area contributed by atoms with Crippen LogP contribution in [0.2, 0.25) is 0 Å². The first-order valence-corrected chi connectivity index (χ1v) is 9.70. The van der Waals surface area contributed by atoms with Crippen LogP contribution in [0.3, 0.4) is 0 Å². The van der Waals surface area contributed by atoms with Crippen LogP contribution in [0.1, 0.15) is 13.3 Å². The molecule has 124 valence electrons. The Kier molecular flexibility index (Phi) is 3.18. The van der Waals surface area contributed by atoms with E-state index in [4.69, 9.17) is 0 Å². The highest BCUT2D eigenvalue weighted by Gasteiger charge is 2.49. The fourth-order valence-electron chi connectivity index (χ4n) is 4.05. The van der Waals surface area contributed by atoms with Crippen LogP contribution in [-0.2, 0) is 10.0 Å². The van der Waals surface area contributed by atoms with Gasteiger partial charge in [-0.2, -0.15) is 0 Å². The fraction of sp³-hybridized carbons (Fsp3) is 0.600. The minimum absolute atomic E-state index is 0.0328. The lowest BCUT2D eigenvalue weighted by Crippen LogP contribution is -2.47. The third-order valence-electron chi connectivity index (χ3n) is 5.35. The van der Waals surface area contributed by atoms with Crippen LogP contribution < -0.4 is 4.90 Å². The molecule has 2 fully saturated rings. The zero-order chi connectivity index (χ0) is 16.2. The molecular formula is C15H21N5O2S. The Morgan fingerprint density at radius 2 is 2.17 bits per heavy atom. The molecule has 2 atom stereocenters. The van der Waals surface area contributed by atoms with Gasteiger partial charge < -0.3 is 9.88 Å². The van der Waals surface area contributed by atoms with Crippen molar-refractivity contribution in [2.24, 2.45) is 11.3 Å². The normalized spacial score (nSPS) is 29.1. The minimum atomic E-state index is -3.12. The summed E-state index contributed by atoms with van der Waals surface area (Å²) in [6, 6.07) is 2.00. The molecule has 2 saturated heterocycles. The van der Waals surface area contributed by atoms with Crippen molar-refractivity contribution in [3.8, 4) is 0 Å². The zero-order valence-corrected chi connectivity index (χ0v) is 14.2. The van der Waals surface area contributed by atoms with Gasteiger partial charge in [-0.3, -0.25) is 0 Å². The first-order chi connectivity index (χ1) is 10.9. The molecule has 2 aliphatic rings. The second kappa shape index (κ2) is 4.91. The summed E-state index contributed by atoms with van der Waals surface area (Å²) in [6.45, 7) is 5.15. The standard InChI is InChI=1S/C15H21N5O2S/c1-15-8-19(14-12-3-5-16-13(12)17-10-18-14)6-4-11(15)7-20(9-15)23(2,21)22/h3,5,10-11H,4,6-9H2,1-2H3,(H,16,17,18). The summed E-state index contributed by atoms with van der Waals surface area (Å²) < 4.78 is 25.4. The molecule has 4 rings (SSSR count). The number of nitrogens with one attached hydrogen (secondary N) is 1. The van der Waals surface area contributed by atoms with Crippen molar-refractivity contribution in [1.29, 1.82) is 0 Å². The summed E-state index contributed by atoms with van der Waals surface area (Å²) in [6.07, 6.45) is 5.75. The van der Waals surface area contributed by atoms with Crippen LogP contribution in [0.15, 0.2) is 18.6 Å². The van der Waals surface area contributed by atoms with E-state index in [1.54, 1.807) is 10.6 Å². The van der Waals surface area contributed by atoms with Crippen molar-refractivity contribution in [1.82, 2.24) is 19.3 Å². The van der Waals surface area contributed by atoms with Crippen molar-refractivity contribution >= 4 is 26.9 Å². The third kappa shape index (κ3) is 2.40. The van der Waals surface area contributed by atoms with Gasteiger partial charge in [0, 0.05) is 37.8 Å². The topological polar surface area (TPSA) is 82.2 Å². The molecule has 0 spiro atoms. The Morgan fingerprint density at radius 3 is 2.96 bits per heavy atom. The summed E-state index contributed by atoms with van der Waals surface area (Å²) in [7, 11) is -3.12. The number of nitrogens with zero attached hydrogens (tertiary/aromatic N) is 4. The van der Waals surface area contributed by atoms with Gasteiger partial charge in [-0.1, -0.05) is 6.92 Å². The maximum Gasteiger partial charge on any atom is 0.211 e. The molecule has 23 heavy (non-hydrogen) atoms. The van der Waals surface area contributed by atoms with Gasteiger partial charge in [0.1, 0.15) is 17.8 Å². The van der Waals surface area contributed by atoms with Crippen LogP contribution in [-0.4, -0.2) is 60.1 Å². The van der Waals surface area contributed by atoms with Crippen molar-refractivity contribution in [2.75, 3.05) is 37.3 Å². The molecule has 0 radical (unpaired) electrons. The van der Waals surface area contributed by atoms with E-state index in [0.717, 1.165) is 36.4 Å². The van der Waals surface area contributed by atoms with E-state index < -0.39 is 10.0 Å². The molecule has 0 saturated carbocycles. The lowest BCUT2D eigenvalue weighted by molar-refractivity contribution is 0.214. The molecule has 8 heteroatoms. The number of fused-ring (bicyclic) bond motifs is 2. The molecule has 0 bridgehead atoms. The Hall–Kier alpha value is -1.67. The first kappa shape index (κ1) is 14.9. The second-order valence-corrected chi connectivity index (χ2v) is 9.04. The van der Waals surface area contributed by atoms with Gasteiger partial charge in [0.2, 0.25) is 10.0 Å². The molecule has 2 unspecified atom stereocenters. The van der Waals surface area contributed by atoms with Crippen LogP contribution in [0.4, 0.5) is 5.82 Å². The number of aromatic nitrogens is 3. The van der Waals surface area contributed by atoms with Crippen molar-refractivity contribution in [3.05, 3.63) is 18.6 Å². The van der Waals surface area contributed by atoms with E-state index in [9.17, 15) is 8.42 Å². The maximum absolute atomic E-state index is 11.9. The smallest absolute Gasteiger partial charge is 0.211 e. The predicted molar refractivity (Wildman–Crippen MR) is 88.7 cm³/mol. The second-order valence-electron chi connectivity index (χ2n) is 7.05. The highest BCUT2D eigenvalue weighted by atomic mass is 32.2. The van der Waals surface area contributed by atoms with Gasteiger partial charge in [-0.15, -0.1) is 0 Å². The Labute approximate surface area is 135 Å². The van der Waals surface area contributed by atoms with Crippen LogP contribution in [0.25, 0.3) is 11.0 Å². The first-order valence-electron chi connectivity index (χ1n) is 7.85. The molecule has 2 aromatic heterocycles. The molecule has 0 amide bonds. The summed E-state index contributed by atoms with van der Waals surface area (Å²) in [5.41, 5.74) is 0.806. The van der Waals surface area contributed by atoms with Gasteiger partial charge in [0.15, 0.2) is 0 Å². The molecule has 0 aromatic carbocycles. The number of aromatic amines is 1. The Morgan fingerprint density at radius 1 is 1.35 bits per heavy atom. The van der Waals surface area contributed by atoms with E-state index >= 15 is 0 Å². The number of piperidine rings is 1. The predicted octanol–water partition coefficient (Wildman–Crippen LogP) is 1.07. The number of hydrogen-bond acceptors (Lipinski definition) is 5. The van der Waals surface area contributed by atoms with Gasteiger partial charge in [0.05, 0.1) is 11.6 Å². The number of rotatable bonds is 2.